The SMILES string of the molecule is CC(C)(C)CCOCCCCCO. The van der Waals surface area contributed by atoms with E-state index in [0.29, 0.717) is 12.0 Å². The minimum Gasteiger partial charge on any atom is -0.396 e. The van der Waals surface area contributed by atoms with Crippen LogP contribution in [0.15, 0.2) is 0 Å². The summed E-state index contributed by atoms with van der Waals surface area (Å²) in [6.45, 7) is 8.69. The lowest BCUT2D eigenvalue weighted by Gasteiger charge is -2.17. The van der Waals surface area contributed by atoms with Crippen LogP contribution in [0, 0.1) is 5.41 Å². The average Bonchev–Trinajstić information content (AvgIpc) is 2.01. The molecule has 0 aromatic heterocycles. The van der Waals surface area contributed by atoms with E-state index in [9.17, 15) is 0 Å². The van der Waals surface area contributed by atoms with Crippen molar-refractivity contribution in [2.24, 2.45) is 5.41 Å². The lowest BCUT2D eigenvalue weighted by atomic mass is 9.93. The van der Waals surface area contributed by atoms with Crippen LogP contribution in [0.2, 0.25) is 0 Å². The second-order valence-corrected chi connectivity index (χ2v) is 4.71. The van der Waals surface area contributed by atoms with Crippen LogP contribution in [-0.4, -0.2) is 24.9 Å². The third kappa shape index (κ3) is 11.9. The van der Waals surface area contributed by atoms with Gasteiger partial charge in [-0.2, -0.15) is 0 Å². The van der Waals surface area contributed by atoms with Crippen LogP contribution in [0.5, 0.6) is 0 Å². The summed E-state index contributed by atoms with van der Waals surface area (Å²) in [7, 11) is 0. The second kappa shape index (κ2) is 7.34. The van der Waals surface area contributed by atoms with Crippen molar-refractivity contribution in [2.45, 2.75) is 46.5 Å². The zero-order chi connectivity index (χ0) is 10.2. The highest BCUT2D eigenvalue weighted by atomic mass is 16.5. The molecule has 0 bridgehead atoms. The lowest BCUT2D eigenvalue weighted by Crippen LogP contribution is -2.10. The number of hydrogen-bond acceptors (Lipinski definition) is 2. The number of aliphatic hydroxyl groups is 1. The minimum atomic E-state index is 0.308. The molecule has 2 heteroatoms. The van der Waals surface area contributed by atoms with Gasteiger partial charge in [-0.1, -0.05) is 20.8 Å². The number of rotatable bonds is 7. The smallest absolute Gasteiger partial charge is 0.0471 e. The van der Waals surface area contributed by atoms with E-state index in [1.54, 1.807) is 0 Å². The molecule has 1 N–H and O–H groups in total. The Kier molecular flexibility index (Phi) is 7.29. The summed E-state index contributed by atoms with van der Waals surface area (Å²) in [5.41, 5.74) is 0.380. The fourth-order valence-electron chi connectivity index (χ4n) is 0.973. The number of hydrogen-bond donors (Lipinski definition) is 1. The Morgan fingerprint density at radius 1 is 1.00 bits per heavy atom. The third-order valence-corrected chi connectivity index (χ3v) is 1.94. The van der Waals surface area contributed by atoms with Gasteiger partial charge in [-0.15, -0.1) is 0 Å². The normalized spacial score (nSPS) is 12.0. The first-order valence-electron chi connectivity index (χ1n) is 5.25. The highest BCUT2D eigenvalue weighted by Crippen LogP contribution is 2.17. The maximum Gasteiger partial charge on any atom is 0.0471 e. The summed E-state index contributed by atoms with van der Waals surface area (Å²) in [6, 6.07) is 0. The van der Waals surface area contributed by atoms with Gasteiger partial charge in [0.05, 0.1) is 0 Å². The summed E-state index contributed by atoms with van der Waals surface area (Å²) < 4.78 is 5.47. The van der Waals surface area contributed by atoms with E-state index in [2.05, 4.69) is 20.8 Å². The first-order chi connectivity index (χ1) is 6.06. The highest BCUT2D eigenvalue weighted by Gasteiger charge is 2.08. The molecule has 0 amide bonds. The van der Waals surface area contributed by atoms with Gasteiger partial charge in [-0.05, 0) is 31.1 Å². The number of ether oxygens (including phenoxy) is 1. The van der Waals surface area contributed by atoms with Crippen molar-refractivity contribution in [2.75, 3.05) is 19.8 Å². The summed E-state index contributed by atoms with van der Waals surface area (Å²) in [5, 5.41) is 8.53. The largest absolute Gasteiger partial charge is 0.396 e. The topological polar surface area (TPSA) is 29.5 Å². The molecule has 0 aromatic carbocycles. The number of unbranched alkanes of at least 4 members (excludes halogenated alkanes) is 2. The molecule has 13 heavy (non-hydrogen) atoms. The van der Waals surface area contributed by atoms with Crippen molar-refractivity contribution < 1.29 is 9.84 Å². The van der Waals surface area contributed by atoms with Crippen LogP contribution in [0.4, 0.5) is 0 Å². The van der Waals surface area contributed by atoms with Crippen molar-refractivity contribution in [1.29, 1.82) is 0 Å². The molecule has 2 nitrogen and oxygen atoms in total. The number of aliphatic hydroxyl groups excluding tert-OH is 1. The Hall–Kier alpha value is -0.0800. The standard InChI is InChI=1S/C11H24O2/c1-11(2,3)7-10-13-9-6-4-5-8-12/h12H,4-10H2,1-3H3. The molecule has 0 unspecified atom stereocenters. The van der Waals surface area contributed by atoms with Crippen LogP contribution < -0.4 is 0 Å². The molecule has 0 aromatic rings. The average molecular weight is 188 g/mol. The lowest BCUT2D eigenvalue weighted by molar-refractivity contribution is 0.104. The molecule has 0 aliphatic heterocycles. The minimum absolute atomic E-state index is 0.308. The predicted molar refractivity (Wildman–Crippen MR) is 55.8 cm³/mol. The molecule has 0 saturated carbocycles. The Balaban J connectivity index is 3.00. The first kappa shape index (κ1) is 12.9. The van der Waals surface area contributed by atoms with Crippen molar-refractivity contribution in [3.8, 4) is 0 Å². The third-order valence-electron chi connectivity index (χ3n) is 1.94. The van der Waals surface area contributed by atoms with Crippen LogP contribution in [0.25, 0.3) is 0 Å². The van der Waals surface area contributed by atoms with Crippen molar-refractivity contribution >= 4 is 0 Å². The fraction of sp³-hybridized carbons (Fsp3) is 1.00. The molecule has 0 atom stereocenters. The van der Waals surface area contributed by atoms with E-state index in [1.165, 1.54) is 0 Å². The van der Waals surface area contributed by atoms with Gasteiger partial charge in [0.15, 0.2) is 0 Å². The second-order valence-electron chi connectivity index (χ2n) is 4.71. The zero-order valence-corrected chi connectivity index (χ0v) is 9.31. The molecule has 80 valence electrons. The summed E-state index contributed by atoms with van der Waals surface area (Å²) in [6.07, 6.45) is 4.17. The molecule has 0 rings (SSSR count). The molecular formula is C11H24O2. The Bertz CT molecular complexity index is 105. The van der Waals surface area contributed by atoms with Crippen LogP contribution in [-0.2, 0) is 4.74 Å². The van der Waals surface area contributed by atoms with Crippen LogP contribution >= 0.6 is 0 Å². The molecular weight excluding hydrogens is 164 g/mol. The monoisotopic (exact) mass is 188 g/mol. The van der Waals surface area contributed by atoms with Crippen molar-refractivity contribution in [3.05, 3.63) is 0 Å². The van der Waals surface area contributed by atoms with Crippen molar-refractivity contribution in [1.82, 2.24) is 0 Å². The van der Waals surface area contributed by atoms with E-state index in [4.69, 9.17) is 9.84 Å². The van der Waals surface area contributed by atoms with E-state index in [1.807, 2.05) is 0 Å². The van der Waals surface area contributed by atoms with E-state index in [0.717, 1.165) is 38.9 Å². The summed E-state index contributed by atoms with van der Waals surface area (Å²) in [5.74, 6) is 0. The molecule has 0 radical (unpaired) electrons. The zero-order valence-electron chi connectivity index (χ0n) is 9.31. The van der Waals surface area contributed by atoms with Gasteiger partial charge in [0, 0.05) is 19.8 Å². The molecule has 0 aliphatic rings. The van der Waals surface area contributed by atoms with Gasteiger partial charge in [0.25, 0.3) is 0 Å². The molecule has 0 fully saturated rings. The van der Waals surface area contributed by atoms with Gasteiger partial charge in [-0.3, -0.25) is 0 Å². The van der Waals surface area contributed by atoms with Crippen molar-refractivity contribution in [3.63, 3.8) is 0 Å². The molecule has 0 aliphatic carbocycles. The molecule has 0 heterocycles. The summed E-state index contributed by atoms with van der Waals surface area (Å²) in [4.78, 5) is 0. The quantitative estimate of drug-likeness (QED) is 0.622. The van der Waals surface area contributed by atoms with Gasteiger partial charge in [0.1, 0.15) is 0 Å². The predicted octanol–water partition coefficient (Wildman–Crippen LogP) is 2.60. The van der Waals surface area contributed by atoms with E-state index >= 15 is 0 Å². The summed E-state index contributed by atoms with van der Waals surface area (Å²) >= 11 is 0. The van der Waals surface area contributed by atoms with Gasteiger partial charge >= 0.3 is 0 Å². The maximum atomic E-state index is 8.53. The Morgan fingerprint density at radius 2 is 1.69 bits per heavy atom. The van der Waals surface area contributed by atoms with Gasteiger partial charge < -0.3 is 9.84 Å². The first-order valence-corrected chi connectivity index (χ1v) is 5.25. The van der Waals surface area contributed by atoms with Gasteiger partial charge in [0.2, 0.25) is 0 Å². The van der Waals surface area contributed by atoms with Gasteiger partial charge in [-0.25, -0.2) is 0 Å². The highest BCUT2D eigenvalue weighted by molar-refractivity contribution is 4.59. The Morgan fingerprint density at radius 3 is 2.23 bits per heavy atom. The van der Waals surface area contributed by atoms with Crippen LogP contribution in [0.3, 0.4) is 0 Å². The van der Waals surface area contributed by atoms with E-state index in [-0.39, 0.29) is 0 Å². The van der Waals surface area contributed by atoms with E-state index < -0.39 is 0 Å². The molecule has 0 saturated heterocycles. The fourth-order valence-corrected chi connectivity index (χ4v) is 0.973. The molecule has 0 spiro atoms. The van der Waals surface area contributed by atoms with Crippen LogP contribution in [0.1, 0.15) is 46.5 Å². The Labute approximate surface area is 82.3 Å². The maximum absolute atomic E-state index is 8.53.